The molecule has 0 aliphatic carbocycles. The number of nitrogens with zero attached hydrogens (tertiary/aromatic N) is 2. The van der Waals surface area contributed by atoms with Crippen molar-refractivity contribution in [2.75, 3.05) is 5.32 Å². The number of benzene rings is 1. The van der Waals surface area contributed by atoms with Gasteiger partial charge >= 0.3 is 0 Å². The van der Waals surface area contributed by atoms with Gasteiger partial charge < -0.3 is 0 Å². The molecule has 0 spiro atoms. The first-order valence-electron chi connectivity index (χ1n) is 5.65. The lowest BCUT2D eigenvalue weighted by Crippen LogP contribution is -2.09. The molecular formula is C12H6ClN3O3S2. The lowest BCUT2D eigenvalue weighted by molar-refractivity contribution is -0.384. The van der Waals surface area contributed by atoms with Crippen LogP contribution in [-0.4, -0.2) is 15.8 Å². The fraction of sp³-hybridized carbons (Fsp3) is 0. The van der Waals surface area contributed by atoms with Crippen molar-refractivity contribution in [2.45, 2.75) is 0 Å². The molecule has 0 atom stereocenters. The zero-order valence-corrected chi connectivity index (χ0v) is 12.6. The normalized spacial score (nSPS) is 10.7. The molecule has 21 heavy (non-hydrogen) atoms. The Labute approximate surface area is 131 Å². The van der Waals surface area contributed by atoms with E-state index in [2.05, 4.69) is 10.3 Å². The number of nitrogens with one attached hydrogen (secondary N) is 1. The van der Waals surface area contributed by atoms with Crippen LogP contribution in [0.1, 0.15) is 9.67 Å². The van der Waals surface area contributed by atoms with E-state index in [1.165, 1.54) is 11.3 Å². The Hall–Kier alpha value is -2.03. The number of fused-ring (bicyclic) bond motifs is 1. The molecule has 0 bridgehead atoms. The molecule has 1 N–H and O–H groups in total. The van der Waals surface area contributed by atoms with Crippen molar-refractivity contribution in [3.8, 4) is 0 Å². The largest absolute Gasteiger partial charge is 0.299 e. The van der Waals surface area contributed by atoms with Crippen LogP contribution in [0.2, 0.25) is 4.34 Å². The third-order valence-electron chi connectivity index (χ3n) is 2.60. The quantitative estimate of drug-likeness (QED) is 0.573. The van der Waals surface area contributed by atoms with Gasteiger partial charge in [0, 0.05) is 6.07 Å². The Kier molecular flexibility index (Phi) is 3.58. The smallest absolute Gasteiger partial charge is 0.297 e. The van der Waals surface area contributed by atoms with Crippen molar-refractivity contribution >= 4 is 61.2 Å². The summed E-state index contributed by atoms with van der Waals surface area (Å²) in [6.45, 7) is 0. The van der Waals surface area contributed by atoms with Gasteiger partial charge in [-0.2, -0.15) is 0 Å². The van der Waals surface area contributed by atoms with Gasteiger partial charge in [0.05, 0.1) is 15.1 Å². The fourth-order valence-electron chi connectivity index (χ4n) is 1.68. The Balaban J connectivity index is 1.85. The second kappa shape index (κ2) is 5.40. The lowest BCUT2D eigenvalue weighted by atomic mass is 10.3. The molecule has 3 rings (SSSR count). The number of carbonyl (C=O) groups excluding carboxylic acids is 1. The van der Waals surface area contributed by atoms with Crippen molar-refractivity contribution in [2.24, 2.45) is 0 Å². The predicted octanol–water partition coefficient (Wildman–Crippen LogP) is 4.17. The number of para-hydroxylation sites is 1. The minimum atomic E-state index is -0.618. The topological polar surface area (TPSA) is 85.1 Å². The van der Waals surface area contributed by atoms with Gasteiger partial charge in [-0.05, 0) is 12.1 Å². The monoisotopic (exact) mass is 339 g/mol. The first-order valence-corrected chi connectivity index (χ1v) is 7.66. The number of amides is 1. The van der Waals surface area contributed by atoms with E-state index in [-0.39, 0.29) is 14.9 Å². The Morgan fingerprint density at radius 3 is 2.76 bits per heavy atom. The molecule has 0 unspecified atom stereocenters. The van der Waals surface area contributed by atoms with Crippen molar-refractivity contribution in [1.82, 2.24) is 4.98 Å². The number of thiophene rings is 1. The second-order valence-corrected chi connectivity index (χ2v) is 6.65. The van der Waals surface area contributed by atoms with E-state index >= 15 is 0 Å². The zero-order valence-electron chi connectivity index (χ0n) is 10.2. The SMILES string of the molecule is O=C(Nc1nc2ccccc2s1)c1cc([N+](=O)[O-])c(Cl)s1. The predicted molar refractivity (Wildman–Crippen MR) is 83.6 cm³/mol. The van der Waals surface area contributed by atoms with Gasteiger partial charge in [0.1, 0.15) is 4.88 Å². The summed E-state index contributed by atoms with van der Waals surface area (Å²) in [4.78, 5) is 26.6. The van der Waals surface area contributed by atoms with Crippen LogP contribution in [0.3, 0.4) is 0 Å². The third kappa shape index (κ3) is 2.73. The average Bonchev–Trinajstić information content (AvgIpc) is 3.01. The maximum absolute atomic E-state index is 12.1. The summed E-state index contributed by atoms with van der Waals surface area (Å²) in [7, 11) is 0. The molecular weight excluding hydrogens is 334 g/mol. The van der Waals surface area contributed by atoms with Gasteiger partial charge in [-0.1, -0.05) is 35.1 Å². The minimum Gasteiger partial charge on any atom is -0.297 e. The molecule has 0 saturated carbocycles. The number of aromatic nitrogens is 1. The molecule has 0 radical (unpaired) electrons. The number of hydrogen-bond donors (Lipinski definition) is 1. The van der Waals surface area contributed by atoms with Gasteiger partial charge in [-0.25, -0.2) is 4.98 Å². The summed E-state index contributed by atoms with van der Waals surface area (Å²) < 4.78 is 0.928. The molecule has 1 aromatic carbocycles. The number of halogens is 1. The van der Waals surface area contributed by atoms with Crippen LogP contribution in [0.5, 0.6) is 0 Å². The van der Waals surface area contributed by atoms with E-state index in [0.29, 0.717) is 5.13 Å². The zero-order chi connectivity index (χ0) is 15.0. The highest BCUT2D eigenvalue weighted by Gasteiger charge is 2.21. The fourth-order valence-corrected chi connectivity index (χ4v) is 3.66. The molecule has 2 heterocycles. The highest BCUT2D eigenvalue weighted by atomic mass is 35.5. The number of thiazole rings is 1. The van der Waals surface area contributed by atoms with Gasteiger partial charge in [-0.3, -0.25) is 20.2 Å². The molecule has 1 amide bonds. The van der Waals surface area contributed by atoms with Crippen molar-refractivity contribution in [3.05, 3.63) is 49.7 Å². The van der Waals surface area contributed by atoms with E-state index in [1.54, 1.807) is 0 Å². The molecule has 106 valence electrons. The van der Waals surface area contributed by atoms with Crippen LogP contribution in [0.4, 0.5) is 10.8 Å². The first-order chi connectivity index (χ1) is 10.0. The summed E-state index contributed by atoms with van der Waals surface area (Å²) in [5.74, 6) is -0.464. The van der Waals surface area contributed by atoms with Crippen LogP contribution in [0.25, 0.3) is 10.2 Å². The Morgan fingerprint density at radius 2 is 2.10 bits per heavy atom. The summed E-state index contributed by atoms with van der Waals surface area (Å²) in [5.41, 5.74) is 0.518. The molecule has 2 aromatic heterocycles. The summed E-state index contributed by atoms with van der Waals surface area (Å²) in [6.07, 6.45) is 0. The van der Waals surface area contributed by atoms with Crippen molar-refractivity contribution in [3.63, 3.8) is 0 Å². The highest BCUT2D eigenvalue weighted by Crippen LogP contribution is 2.34. The molecule has 0 fully saturated rings. The standard InChI is InChI=1S/C12H6ClN3O3S2/c13-10-7(16(18)19)5-9(20-10)11(17)15-12-14-6-3-1-2-4-8(6)21-12/h1-5H,(H,14,15,17). The number of rotatable bonds is 3. The van der Waals surface area contributed by atoms with Crippen LogP contribution in [-0.2, 0) is 0 Å². The summed E-state index contributed by atoms with van der Waals surface area (Å²) in [5, 5.41) is 13.8. The van der Waals surface area contributed by atoms with E-state index < -0.39 is 10.8 Å². The summed E-state index contributed by atoms with van der Waals surface area (Å²) >= 11 is 7.93. The number of nitro groups is 1. The lowest BCUT2D eigenvalue weighted by Gasteiger charge is -1.96. The van der Waals surface area contributed by atoms with Crippen LogP contribution < -0.4 is 5.32 Å². The first kappa shape index (κ1) is 13.9. The molecule has 9 heteroatoms. The van der Waals surface area contributed by atoms with E-state index in [1.807, 2.05) is 24.3 Å². The third-order valence-corrected chi connectivity index (χ3v) is 4.89. The maximum atomic E-state index is 12.1. The van der Waals surface area contributed by atoms with E-state index in [0.717, 1.165) is 27.6 Å². The number of carbonyl (C=O) groups is 1. The molecule has 6 nitrogen and oxygen atoms in total. The second-order valence-electron chi connectivity index (χ2n) is 3.97. The highest BCUT2D eigenvalue weighted by molar-refractivity contribution is 7.22. The van der Waals surface area contributed by atoms with Crippen LogP contribution >= 0.6 is 34.3 Å². The number of anilines is 1. The van der Waals surface area contributed by atoms with Crippen LogP contribution in [0.15, 0.2) is 30.3 Å². The van der Waals surface area contributed by atoms with Gasteiger partial charge in [-0.15, -0.1) is 11.3 Å². The molecule has 0 aliphatic heterocycles. The Morgan fingerprint density at radius 1 is 1.33 bits per heavy atom. The van der Waals surface area contributed by atoms with Crippen molar-refractivity contribution < 1.29 is 9.72 Å². The van der Waals surface area contributed by atoms with Gasteiger partial charge in [0.2, 0.25) is 0 Å². The maximum Gasteiger partial charge on any atom is 0.299 e. The summed E-state index contributed by atoms with van der Waals surface area (Å²) in [6, 6.07) is 8.64. The van der Waals surface area contributed by atoms with Crippen LogP contribution in [0, 0.1) is 10.1 Å². The molecule has 0 saturated heterocycles. The molecule has 3 aromatic rings. The molecule has 0 aliphatic rings. The van der Waals surface area contributed by atoms with Gasteiger partial charge in [0.15, 0.2) is 9.47 Å². The number of hydrogen-bond acceptors (Lipinski definition) is 6. The van der Waals surface area contributed by atoms with E-state index in [4.69, 9.17) is 11.6 Å². The van der Waals surface area contributed by atoms with E-state index in [9.17, 15) is 14.9 Å². The van der Waals surface area contributed by atoms with Crippen molar-refractivity contribution in [1.29, 1.82) is 0 Å². The average molecular weight is 340 g/mol. The minimum absolute atomic E-state index is 0.0190. The van der Waals surface area contributed by atoms with Gasteiger partial charge in [0.25, 0.3) is 11.6 Å². The Bertz CT molecular complexity index is 825.